The van der Waals surface area contributed by atoms with E-state index in [4.69, 9.17) is 0 Å². The van der Waals surface area contributed by atoms with Crippen LogP contribution in [-0.4, -0.2) is 50.1 Å². The van der Waals surface area contributed by atoms with Crippen LogP contribution in [0.1, 0.15) is 59.8 Å². The number of hydrogen-bond donors (Lipinski definition) is 0. The Hall–Kier alpha value is -0.0800. The van der Waals surface area contributed by atoms with E-state index in [-0.39, 0.29) is 0 Å². The van der Waals surface area contributed by atoms with Gasteiger partial charge < -0.3 is 9.80 Å². The topological polar surface area (TPSA) is 6.48 Å². The molecule has 0 N–H and O–H groups in total. The summed E-state index contributed by atoms with van der Waals surface area (Å²) in [6.07, 6.45) is 6.48. The zero-order valence-electron chi connectivity index (χ0n) is 13.3. The van der Waals surface area contributed by atoms with Gasteiger partial charge in [0.25, 0.3) is 0 Å². The number of nitrogens with zero attached hydrogens (tertiary/aromatic N) is 2. The fourth-order valence-electron chi connectivity index (χ4n) is 1.80. The molecule has 0 aromatic rings. The first kappa shape index (κ1) is 19.3. The summed E-state index contributed by atoms with van der Waals surface area (Å²) >= 11 is 0. The normalized spacial score (nSPS) is 10.6. The number of rotatable bonds is 9. The second-order valence-corrected chi connectivity index (χ2v) is 4.96. The molecule has 0 atom stereocenters. The van der Waals surface area contributed by atoms with Gasteiger partial charge in [-0.1, -0.05) is 34.1 Å². The second-order valence-electron chi connectivity index (χ2n) is 4.96. The maximum atomic E-state index is 2.39. The molecule has 2 nitrogen and oxygen atoms in total. The van der Waals surface area contributed by atoms with Crippen LogP contribution in [0.5, 0.6) is 0 Å². The van der Waals surface area contributed by atoms with Crippen LogP contribution in [-0.2, 0) is 0 Å². The Kier molecular flexibility index (Phi) is 18.0. The minimum absolute atomic E-state index is 1.24. The van der Waals surface area contributed by atoms with Crippen molar-refractivity contribution in [3.63, 3.8) is 0 Å². The zero-order valence-corrected chi connectivity index (χ0v) is 13.3. The first-order chi connectivity index (χ1) is 8.12. The Morgan fingerprint density at radius 1 is 0.529 bits per heavy atom. The van der Waals surface area contributed by atoms with Gasteiger partial charge in [0.2, 0.25) is 0 Å². The highest BCUT2D eigenvalue weighted by Gasteiger charge is 1.92. The summed E-state index contributed by atoms with van der Waals surface area (Å²) in [6.45, 7) is 13.9. The van der Waals surface area contributed by atoms with E-state index in [0.717, 1.165) is 0 Å². The smallest absolute Gasteiger partial charge is 0.00219 e. The number of hydrogen-bond acceptors (Lipinski definition) is 2. The quantitative estimate of drug-likeness (QED) is 0.607. The van der Waals surface area contributed by atoms with Gasteiger partial charge in [0.05, 0.1) is 0 Å². The first-order valence-electron chi connectivity index (χ1n) is 7.49. The van der Waals surface area contributed by atoms with Crippen LogP contribution in [0, 0.1) is 0 Å². The second kappa shape index (κ2) is 15.9. The van der Waals surface area contributed by atoms with E-state index in [9.17, 15) is 0 Å². The molecule has 0 amide bonds. The molecule has 0 fully saturated rings. The van der Waals surface area contributed by atoms with Crippen LogP contribution in [0.4, 0.5) is 0 Å². The standard InChI is InChI=1S/C8H19N.C7H17N/c1-4-6-8-9(3)7-5-2;1-4-6-8(3)7-5-2/h4-8H2,1-3H3;4-7H2,1-3H3. The molecular weight excluding hydrogens is 208 g/mol. The van der Waals surface area contributed by atoms with E-state index in [1.54, 1.807) is 0 Å². The summed E-state index contributed by atoms with van der Waals surface area (Å²) < 4.78 is 0. The predicted molar refractivity (Wildman–Crippen MR) is 80.8 cm³/mol. The molecule has 0 aromatic heterocycles. The van der Waals surface area contributed by atoms with Crippen molar-refractivity contribution in [3.8, 4) is 0 Å². The van der Waals surface area contributed by atoms with Crippen LogP contribution in [0.25, 0.3) is 0 Å². The highest BCUT2D eigenvalue weighted by atomic mass is 15.1. The third-order valence-electron chi connectivity index (χ3n) is 2.71. The summed E-state index contributed by atoms with van der Waals surface area (Å²) in [5.41, 5.74) is 0. The van der Waals surface area contributed by atoms with Gasteiger partial charge in [-0.15, -0.1) is 0 Å². The highest BCUT2D eigenvalue weighted by molar-refractivity contribution is 4.47. The minimum Gasteiger partial charge on any atom is -0.306 e. The third kappa shape index (κ3) is 18.5. The van der Waals surface area contributed by atoms with Gasteiger partial charge in [0.15, 0.2) is 0 Å². The van der Waals surface area contributed by atoms with Gasteiger partial charge >= 0.3 is 0 Å². The van der Waals surface area contributed by atoms with Crippen molar-refractivity contribution in [2.75, 3.05) is 40.3 Å². The molecule has 0 aliphatic carbocycles. The summed E-state index contributed by atoms with van der Waals surface area (Å²) in [7, 11) is 4.37. The Bertz CT molecular complexity index is 120. The van der Waals surface area contributed by atoms with Crippen LogP contribution in [0.2, 0.25) is 0 Å². The first-order valence-corrected chi connectivity index (χ1v) is 7.49. The lowest BCUT2D eigenvalue weighted by atomic mass is 10.3. The summed E-state index contributed by atoms with van der Waals surface area (Å²) in [6, 6.07) is 0. The van der Waals surface area contributed by atoms with E-state index >= 15 is 0 Å². The largest absolute Gasteiger partial charge is 0.306 e. The van der Waals surface area contributed by atoms with Gasteiger partial charge in [0, 0.05) is 0 Å². The van der Waals surface area contributed by atoms with Crippen molar-refractivity contribution in [1.82, 2.24) is 9.80 Å². The Labute approximate surface area is 110 Å². The fourth-order valence-corrected chi connectivity index (χ4v) is 1.80. The predicted octanol–water partition coefficient (Wildman–Crippen LogP) is 3.87. The highest BCUT2D eigenvalue weighted by Crippen LogP contribution is 1.91. The monoisotopic (exact) mass is 244 g/mol. The van der Waals surface area contributed by atoms with Gasteiger partial charge in [-0.05, 0) is 66.0 Å². The minimum atomic E-state index is 1.24. The number of unbranched alkanes of at least 4 members (excludes halogenated alkanes) is 1. The molecule has 0 rings (SSSR count). The molecule has 0 aromatic carbocycles. The third-order valence-corrected chi connectivity index (χ3v) is 2.71. The molecule has 106 valence electrons. The van der Waals surface area contributed by atoms with Crippen LogP contribution >= 0.6 is 0 Å². The lowest BCUT2D eigenvalue weighted by Crippen LogP contribution is -2.19. The molecule has 0 radical (unpaired) electrons. The van der Waals surface area contributed by atoms with Crippen molar-refractivity contribution in [2.24, 2.45) is 0 Å². The van der Waals surface area contributed by atoms with Crippen LogP contribution in [0.15, 0.2) is 0 Å². The van der Waals surface area contributed by atoms with Crippen molar-refractivity contribution in [3.05, 3.63) is 0 Å². The lowest BCUT2D eigenvalue weighted by molar-refractivity contribution is 0.329. The van der Waals surface area contributed by atoms with Gasteiger partial charge in [-0.2, -0.15) is 0 Å². The van der Waals surface area contributed by atoms with Crippen molar-refractivity contribution >= 4 is 0 Å². The Morgan fingerprint density at radius 3 is 1.18 bits per heavy atom. The van der Waals surface area contributed by atoms with E-state index in [0.29, 0.717) is 0 Å². The van der Waals surface area contributed by atoms with Gasteiger partial charge in [0.1, 0.15) is 0 Å². The maximum absolute atomic E-state index is 2.39. The summed E-state index contributed by atoms with van der Waals surface area (Å²) in [5, 5.41) is 0. The average molecular weight is 244 g/mol. The Balaban J connectivity index is 0. The van der Waals surface area contributed by atoms with Crippen molar-refractivity contribution < 1.29 is 0 Å². The lowest BCUT2D eigenvalue weighted by Gasteiger charge is -2.13. The van der Waals surface area contributed by atoms with E-state index in [2.05, 4.69) is 51.6 Å². The van der Waals surface area contributed by atoms with Crippen molar-refractivity contribution in [1.29, 1.82) is 0 Å². The van der Waals surface area contributed by atoms with E-state index in [1.807, 2.05) is 0 Å². The zero-order chi connectivity index (χ0) is 13.5. The SMILES string of the molecule is CCCCN(C)CCC.CCCN(C)CCC. The molecule has 0 aliphatic rings. The average Bonchev–Trinajstić information content (AvgIpc) is 2.28. The maximum Gasteiger partial charge on any atom is -0.00219 e. The molecule has 0 saturated carbocycles. The van der Waals surface area contributed by atoms with Crippen LogP contribution in [0.3, 0.4) is 0 Å². The summed E-state index contributed by atoms with van der Waals surface area (Å²) in [4.78, 5) is 4.75. The molecule has 0 unspecified atom stereocenters. The van der Waals surface area contributed by atoms with Gasteiger partial charge in [-0.25, -0.2) is 0 Å². The van der Waals surface area contributed by atoms with Crippen molar-refractivity contribution in [2.45, 2.75) is 59.8 Å². The molecule has 2 heteroatoms. The fraction of sp³-hybridized carbons (Fsp3) is 1.00. The molecule has 0 aliphatic heterocycles. The summed E-state index contributed by atoms with van der Waals surface area (Å²) in [5.74, 6) is 0. The van der Waals surface area contributed by atoms with Gasteiger partial charge in [-0.3, -0.25) is 0 Å². The molecule has 0 bridgehead atoms. The Morgan fingerprint density at radius 2 is 0.882 bits per heavy atom. The van der Waals surface area contributed by atoms with E-state index < -0.39 is 0 Å². The molecule has 0 spiro atoms. The van der Waals surface area contributed by atoms with E-state index in [1.165, 1.54) is 58.3 Å². The molecule has 0 saturated heterocycles. The molecule has 0 heterocycles. The van der Waals surface area contributed by atoms with Crippen LogP contribution < -0.4 is 0 Å². The molecule has 17 heavy (non-hydrogen) atoms. The molecular formula is C15H36N2.